The van der Waals surface area contributed by atoms with Crippen molar-refractivity contribution in [2.45, 2.75) is 33.7 Å². The average Bonchev–Trinajstić information content (AvgIpc) is 2.75. The Labute approximate surface area is 114 Å². The van der Waals surface area contributed by atoms with Crippen molar-refractivity contribution in [3.05, 3.63) is 11.7 Å². The van der Waals surface area contributed by atoms with E-state index in [1.807, 2.05) is 14.0 Å². The predicted octanol–water partition coefficient (Wildman–Crippen LogP) is 1.43. The molecule has 0 amide bonds. The lowest BCUT2D eigenvalue weighted by molar-refractivity contribution is 0.208. The number of piperidine rings is 1. The molecule has 1 fully saturated rings. The lowest BCUT2D eigenvalue weighted by Crippen LogP contribution is -2.48. The number of hydrogen-bond donors (Lipinski definition) is 1. The maximum atomic E-state index is 5.09. The summed E-state index contributed by atoms with van der Waals surface area (Å²) in [6.45, 7) is 9.01. The second-order valence-electron chi connectivity index (χ2n) is 5.49. The van der Waals surface area contributed by atoms with Gasteiger partial charge in [-0.3, -0.25) is 4.99 Å². The van der Waals surface area contributed by atoms with Crippen LogP contribution >= 0.6 is 0 Å². The van der Waals surface area contributed by atoms with E-state index in [0.29, 0.717) is 30.1 Å². The quantitative estimate of drug-likeness (QED) is 0.647. The first-order valence-corrected chi connectivity index (χ1v) is 6.83. The Balaban J connectivity index is 1.93. The van der Waals surface area contributed by atoms with Gasteiger partial charge in [-0.05, 0) is 25.2 Å². The molecule has 106 valence electrons. The van der Waals surface area contributed by atoms with Gasteiger partial charge in [-0.1, -0.05) is 19.0 Å². The van der Waals surface area contributed by atoms with Gasteiger partial charge in [0.2, 0.25) is 5.89 Å². The van der Waals surface area contributed by atoms with Crippen molar-refractivity contribution in [2.75, 3.05) is 20.1 Å². The third-order valence-corrected chi connectivity index (χ3v) is 3.35. The molecule has 2 rings (SSSR count). The minimum Gasteiger partial charge on any atom is -0.347 e. The zero-order valence-electron chi connectivity index (χ0n) is 12.2. The van der Waals surface area contributed by atoms with E-state index in [1.165, 1.54) is 6.42 Å². The number of nitrogens with one attached hydrogen (secondary N) is 1. The molecule has 1 saturated heterocycles. The predicted molar refractivity (Wildman–Crippen MR) is 73.8 cm³/mol. The molecule has 1 aromatic rings. The van der Waals surface area contributed by atoms with E-state index in [-0.39, 0.29) is 0 Å². The zero-order chi connectivity index (χ0) is 13.8. The third-order valence-electron chi connectivity index (χ3n) is 3.35. The highest BCUT2D eigenvalue weighted by molar-refractivity contribution is 5.79. The topological polar surface area (TPSA) is 66.5 Å². The van der Waals surface area contributed by atoms with Gasteiger partial charge in [-0.2, -0.15) is 4.98 Å². The summed E-state index contributed by atoms with van der Waals surface area (Å²) in [7, 11) is 1.81. The smallest absolute Gasteiger partial charge is 0.246 e. The molecule has 0 saturated carbocycles. The Kier molecular flexibility index (Phi) is 4.39. The van der Waals surface area contributed by atoms with Crippen LogP contribution in [-0.2, 0) is 6.54 Å². The molecule has 0 aliphatic carbocycles. The number of aliphatic imine (C=N–C) groups is 1. The van der Waals surface area contributed by atoms with Gasteiger partial charge in [-0.15, -0.1) is 0 Å². The maximum absolute atomic E-state index is 5.09. The van der Waals surface area contributed by atoms with Crippen molar-refractivity contribution < 1.29 is 4.52 Å². The van der Waals surface area contributed by atoms with Gasteiger partial charge < -0.3 is 14.7 Å². The molecule has 6 heteroatoms. The highest BCUT2D eigenvalue weighted by atomic mass is 16.5. The van der Waals surface area contributed by atoms with E-state index < -0.39 is 0 Å². The van der Waals surface area contributed by atoms with Crippen LogP contribution in [0, 0.1) is 18.8 Å². The first-order valence-electron chi connectivity index (χ1n) is 6.83. The fourth-order valence-corrected chi connectivity index (χ4v) is 2.73. The molecule has 2 unspecified atom stereocenters. The van der Waals surface area contributed by atoms with Crippen LogP contribution in [-0.4, -0.2) is 41.1 Å². The van der Waals surface area contributed by atoms with E-state index in [2.05, 4.69) is 39.2 Å². The van der Waals surface area contributed by atoms with Crippen LogP contribution in [0.2, 0.25) is 0 Å². The minimum absolute atomic E-state index is 0.521. The van der Waals surface area contributed by atoms with E-state index in [4.69, 9.17) is 4.52 Å². The largest absolute Gasteiger partial charge is 0.347 e. The van der Waals surface area contributed by atoms with Crippen LogP contribution in [0.15, 0.2) is 9.52 Å². The summed E-state index contributed by atoms with van der Waals surface area (Å²) in [6, 6.07) is 0. The lowest BCUT2D eigenvalue weighted by Gasteiger charge is -2.36. The van der Waals surface area contributed by atoms with Crippen molar-refractivity contribution in [1.29, 1.82) is 0 Å². The van der Waals surface area contributed by atoms with E-state index in [9.17, 15) is 0 Å². The molecule has 2 heterocycles. The molecule has 6 nitrogen and oxygen atoms in total. The summed E-state index contributed by atoms with van der Waals surface area (Å²) >= 11 is 0. The monoisotopic (exact) mass is 265 g/mol. The van der Waals surface area contributed by atoms with E-state index >= 15 is 0 Å². The first-order chi connectivity index (χ1) is 9.08. The number of rotatable bonds is 2. The molecule has 1 aliphatic heterocycles. The van der Waals surface area contributed by atoms with Crippen LogP contribution in [0.3, 0.4) is 0 Å². The highest BCUT2D eigenvalue weighted by Crippen LogP contribution is 2.20. The number of guanidine groups is 1. The van der Waals surface area contributed by atoms with Gasteiger partial charge in [-0.25, -0.2) is 0 Å². The Morgan fingerprint density at radius 1 is 1.42 bits per heavy atom. The molecule has 2 atom stereocenters. The Morgan fingerprint density at radius 3 is 2.63 bits per heavy atom. The number of aryl methyl sites for hydroxylation is 1. The summed E-state index contributed by atoms with van der Waals surface area (Å²) in [5.41, 5.74) is 0. The van der Waals surface area contributed by atoms with Gasteiger partial charge in [0.05, 0.1) is 6.54 Å². The number of likely N-dealkylation sites (tertiary alicyclic amines) is 1. The van der Waals surface area contributed by atoms with Crippen LogP contribution in [0.25, 0.3) is 0 Å². The van der Waals surface area contributed by atoms with Crippen molar-refractivity contribution in [3.63, 3.8) is 0 Å². The SMILES string of the molecule is CN=C(NCc1nc(C)no1)N1CC(C)CC(C)C1. The van der Waals surface area contributed by atoms with Gasteiger partial charge in [0, 0.05) is 20.1 Å². The van der Waals surface area contributed by atoms with E-state index in [0.717, 1.165) is 19.0 Å². The normalized spacial score (nSPS) is 24.6. The molecule has 0 spiro atoms. The van der Waals surface area contributed by atoms with Crippen LogP contribution in [0.4, 0.5) is 0 Å². The summed E-state index contributed by atoms with van der Waals surface area (Å²) in [5.74, 6) is 3.57. The number of hydrogen-bond acceptors (Lipinski definition) is 4. The molecular weight excluding hydrogens is 242 g/mol. The molecule has 1 aromatic heterocycles. The second kappa shape index (κ2) is 6.04. The fourth-order valence-electron chi connectivity index (χ4n) is 2.73. The first kappa shape index (κ1) is 13.8. The van der Waals surface area contributed by atoms with Crippen molar-refractivity contribution in [3.8, 4) is 0 Å². The Hall–Kier alpha value is -1.59. The molecule has 19 heavy (non-hydrogen) atoms. The molecule has 0 aromatic carbocycles. The summed E-state index contributed by atoms with van der Waals surface area (Å²) in [4.78, 5) is 10.8. The molecule has 1 N–H and O–H groups in total. The van der Waals surface area contributed by atoms with Gasteiger partial charge in [0.25, 0.3) is 0 Å². The van der Waals surface area contributed by atoms with Crippen molar-refractivity contribution in [1.82, 2.24) is 20.4 Å². The van der Waals surface area contributed by atoms with Gasteiger partial charge in [0.15, 0.2) is 11.8 Å². The standard InChI is InChI=1S/C13H23N5O/c1-9-5-10(2)8-18(7-9)13(14-4)15-6-12-16-11(3)17-19-12/h9-10H,5-8H2,1-4H3,(H,14,15). The number of nitrogens with zero attached hydrogens (tertiary/aromatic N) is 4. The minimum atomic E-state index is 0.521. The van der Waals surface area contributed by atoms with Crippen molar-refractivity contribution in [2.24, 2.45) is 16.8 Å². The maximum Gasteiger partial charge on any atom is 0.246 e. The van der Waals surface area contributed by atoms with Crippen LogP contribution in [0.1, 0.15) is 32.0 Å². The van der Waals surface area contributed by atoms with Crippen LogP contribution in [0.5, 0.6) is 0 Å². The molecule has 0 radical (unpaired) electrons. The second-order valence-corrected chi connectivity index (χ2v) is 5.49. The fraction of sp³-hybridized carbons (Fsp3) is 0.769. The van der Waals surface area contributed by atoms with Crippen LogP contribution < -0.4 is 5.32 Å². The van der Waals surface area contributed by atoms with Gasteiger partial charge in [0.1, 0.15) is 0 Å². The van der Waals surface area contributed by atoms with E-state index in [1.54, 1.807) is 0 Å². The summed E-state index contributed by atoms with van der Waals surface area (Å²) in [5, 5.41) is 7.07. The third kappa shape index (κ3) is 3.68. The molecule has 0 bridgehead atoms. The molecular formula is C13H23N5O. The number of aromatic nitrogens is 2. The average molecular weight is 265 g/mol. The zero-order valence-corrected chi connectivity index (χ0v) is 12.2. The van der Waals surface area contributed by atoms with Crippen molar-refractivity contribution >= 4 is 5.96 Å². The lowest BCUT2D eigenvalue weighted by atomic mass is 9.92. The molecule has 1 aliphatic rings. The summed E-state index contributed by atoms with van der Waals surface area (Å²) < 4.78 is 5.09. The highest BCUT2D eigenvalue weighted by Gasteiger charge is 2.24. The van der Waals surface area contributed by atoms with Gasteiger partial charge >= 0.3 is 0 Å². The Morgan fingerprint density at radius 2 is 2.11 bits per heavy atom. The summed E-state index contributed by atoms with van der Waals surface area (Å²) in [6.07, 6.45) is 1.29. The Bertz CT molecular complexity index is 432.